The fourth-order valence-corrected chi connectivity index (χ4v) is 2.72. The number of hydrogen-bond acceptors (Lipinski definition) is 4. The van der Waals surface area contributed by atoms with E-state index in [4.69, 9.17) is 10.5 Å². The Morgan fingerprint density at radius 3 is 2.58 bits per heavy atom. The largest absolute Gasteiger partial charge is 0.456 e. The molecule has 1 aliphatic heterocycles. The molecular formula is C17H21Cl2N3O2. The average molecular weight is 370 g/mol. The molecule has 0 radical (unpaired) electrons. The molecule has 7 heteroatoms. The highest BCUT2D eigenvalue weighted by Gasteiger charge is 2.28. The molecule has 0 spiro atoms. The van der Waals surface area contributed by atoms with Gasteiger partial charge in [0.1, 0.15) is 11.5 Å². The summed E-state index contributed by atoms with van der Waals surface area (Å²) in [5.74, 6) is 1.39. The van der Waals surface area contributed by atoms with Crippen LogP contribution >= 0.6 is 24.8 Å². The minimum atomic E-state index is 0. The second-order valence-corrected chi connectivity index (χ2v) is 5.35. The van der Waals surface area contributed by atoms with Crippen LogP contribution in [0, 0.1) is 0 Å². The molecule has 1 aromatic heterocycles. The lowest BCUT2D eigenvalue weighted by Gasteiger charge is -2.23. The van der Waals surface area contributed by atoms with E-state index in [0.29, 0.717) is 23.6 Å². The summed E-state index contributed by atoms with van der Waals surface area (Å²) >= 11 is 0. The Hall–Kier alpha value is -1.82. The van der Waals surface area contributed by atoms with Crippen molar-refractivity contribution in [2.24, 2.45) is 5.73 Å². The summed E-state index contributed by atoms with van der Waals surface area (Å²) in [6.07, 6.45) is 5.36. The maximum absolute atomic E-state index is 12.5. The number of aromatic nitrogens is 1. The molecule has 2 heterocycles. The normalized spacial score (nSPS) is 16.0. The van der Waals surface area contributed by atoms with Crippen LogP contribution in [0.5, 0.6) is 11.5 Å². The maximum atomic E-state index is 12.5. The van der Waals surface area contributed by atoms with Crippen LogP contribution in [0.3, 0.4) is 0 Å². The number of carbonyl (C=O) groups excluding carboxylic acids is 1. The number of halogens is 2. The third kappa shape index (κ3) is 4.60. The number of nitrogens with two attached hydrogens (primary N) is 1. The van der Waals surface area contributed by atoms with E-state index in [1.807, 2.05) is 17.0 Å². The predicted molar refractivity (Wildman–Crippen MR) is 98.4 cm³/mol. The van der Waals surface area contributed by atoms with Crippen molar-refractivity contribution in [2.45, 2.75) is 18.9 Å². The van der Waals surface area contributed by atoms with Crippen LogP contribution in [-0.4, -0.2) is 34.9 Å². The zero-order chi connectivity index (χ0) is 15.4. The van der Waals surface area contributed by atoms with Crippen molar-refractivity contribution in [3.63, 3.8) is 0 Å². The highest BCUT2D eigenvalue weighted by atomic mass is 35.5. The zero-order valence-electron chi connectivity index (χ0n) is 13.1. The molecule has 24 heavy (non-hydrogen) atoms. The molecule has 1 atom stereocenters. The molecule has 1 aliphatic rings. The van der Waals surface area contributed by atoms with Gasteiger partial charge in [0, 0.05) is 30.9 Å². The summed E-state index contributed by atoms with van der Waals surface area (Å²) in [6, 6.07) is 11.0. The van der Waals surface area contributed by atoms with Gasteiger partial charge in [-0.3, -0.25) is 9.78 Å². The van der Waals surface area contributed by atoms with Crippen molar-refractivity contribution in [1.29, 1.82) is 0 Å². The number of carbonyl (C=O) groups is 1. The van der Waals surface area contributed by atoms with Crippen molar-refractivity contribution in [1.82, 2.24) is 9.88 Å². The minimum Gasteiger partial charge on any atom is -0.456 e. The van der Waals surface area contributed by atoms with Gasteiger partial charge in [-0.2, -0.15) is 0 Å². The molecule has 130 valence electrons. The Labute approximate surface area is 154 Å². The molecule has 5 nitrogen and oxygen atoms in total. The third-order valence-electron chi connectivity index (χ3n) is 3.88. The average Bonchev–Trinajstić information content (AvgIpc) is 3.04. The van der Waals surface area contributed by atoms with Crippen LogP contribution in [0.25, 0.3) is 0 Å². The Morgan fingerprint density at radius 2 is 1.96 bits per heavy atom. The molecular weight excluding hydrogens is 349 g/mol. The molecule has 1 fully saturated rings. The molecule has 3 rings (SSSR count). The van der Waals surface area contributed by atoms with Crippen LogP contribution in [0.1, 0.15) is 23.2 Å². The first-order valence-electron chi connectivity index (χ1n) is 7.47. The summed E-state index contributed by atoms with van der Waals surface area (Å²) in [5, 5.41) is 0. The predicted octanol–water partition coefficient (Wildman–Crippen LogP) is 3.28. The van der Waals surface area contributed by atoms with Crippen molar-refractivity contribution in [2.75, 3.05) is 13.1 Å². The van der Waals surface area contributed by atoms with E-state index in [2.05, 4.69) is 4.98 Å². The number of likely N-dealkylation sites (tertiary alicyclic amines) is 1. The zero-order valence-corrected chi connectivity index (χ0v) is 14.8. The van der Waals surface area contributed by atoms with Crippen molar-refractivity contribution < 1.29 is 9.53 Å². The molecule has 2 N–H and O–H groups in total. The Kier molecular flexibility index (Phi) is 7.98. The highest BCUT2D eigenvalue weighted by molar-refractivity contribution is 5.94. The Morgan fingerprint density at radius 1 is 1.21 bits per heavy atom. The van der Waals surface area contributed by atoms with Gasteiger partial charge >= 0.3 is 0 Å². The van der Waals surface area contributed by atoms with E-state index < -0.39 is 0 Å². The van der Waals surface area contributed by atoms with Crippen LogP contribution in [0.15, 0.2) is 48.8 Å². The standard InChI is InChI=1S/C17H19N3O2.2ClH/c18-11-14-3-2-10-20(14)17(21)13-5-7-15(8-6-13)22-16-4-1-9-19-12-16;;/h1,4-9,12,14H,2-3,10-11,18H2;2*1H. The Bertz CT molecular complexity index is 638. The molecule has 1 unspecified atom stereocenters. The van der Waals surface area contributed by atoms with Crippen molar-refractivity contribution in [3.8, 4) is 11.5 Å². The van der Waals surface area contributed by atoms with Gasteiger partial charge in [0.15, 0.2) is 0 Å². The number of hydrogen-bond donors (Lipinski definition) is 1. The lowest BCUT2D eigenvalue weighted by atomic mass is 10.1. The lowest BCUT2D eigenvalue weighted by Crippen LogP contribution is -2.39. The number of rotatable bonds is 4. The molecule has 0 aliphatic carbocycles. The van der Waals surface area contributed by atoms with Gasteiger partial charge in [-0.25, -0.2) is 0 Å². The first-order valence-corrected chi connectivity index (χ1v) is 7.47. The van der Waals surface area contributed by atoms with E-state index >= 15 is 0 Å². The van der Waals surface area contributed by atoms with E-state index in [0.717, 1.165) is 19.4 Å². The van der Waals surface area contributed by atoms with Gasteiger partial charge in [0.25, 0.3) is 5.91 Å². The van der Waals surface area contributed by atoms with E-state index in [9.17, 15) is 4.79 Å². The lowest BCUT2D eigenvalue weighted by molar-refractivity contribution is 0.0741. The summed E-state index contributed by atoms with van der Waals surface area (Å²) < 4.78 is 5.67. The van der Waals surface area contributed by atoms with E-state index in [-0.39, 0.29) is 36.8 Å². The van der Waals surface area contributed by atoms with Gasteiger partial charge in [0.2, 0.25) is 0 Å². The topological polar surface area (TPSA) is 68.5 Å². The monoisotopic (exact) mass is 369 g/mol. The molecule has 0 bridgehead atoms. The second-order valence-electron chi connectivity index (χ2n) is 5.35. The smallest absolute Gasteiger partial charge is 0.254 e. The number of ether oxygens (including phenoxy) is 1. The van der Waals surface area contributed by atoms with Gasteiger partial charge in [-0.15, -0.1) is 24.8 Å². The van der Waals surface area contributed by atoms with Crippen LogP contribution in [0.4, 0.5) is 0 Å². The summed E-state index contributed by atoms with van der Waals surface area (Å²) in [5.41, 5.74) is 6.40. The van der Waals surface area contributed by atoms with Crippen molar-refractivity contribution in [3.05, 3.63) is 54.4 Å². The summed E-state index contributed by atoms with van der Waals surface area (Å²) in [6.45, 7) is 1.31. The molecule has 0 saturated carbocycles. The van der Waals surface area contributed by atoms with Crippen molar-refractivity contribution >= 4 is 30.7 Å². The molecule has 1 aromatic carbocycles. The fourth-order valence-electron chi connectivity index (χ4n) is 2.72. The van der Waals surface area contributed by atoms with Gasteiger partial charge in [0.05, 0.1) is 6.20 Å². The minimum absolute atomic E-state index is 0. The summed E-state index contributed by atoms with van der Waals surface area (Å²) in [4.78, 5) is 18.4. The van der Waals surface area contributed by atoms with E-state index in [1.165, 1.54) is 0 Å². The number of amides is 1. The van der Waals surface area contributed by atoms with Gasteiger partial charge < -0.3 is 15.4 Å². The maximum Gasteiger partial charge on any atom is 0.254 e. The van der Waals surface area contributed by atoms with E-state index in [1.54, 1.807) is 36.7 Å². The summed E-state index contributed by atoms with van der Waals surface area (Å²) in [7, 11) is 0. The SMILES string of the molecule is Cl.Cl.NCC1CCCN1C(=O)c1ccc(Oc2cccnc2)cc1. The number of pyridine rings is 1. The molecule has 1 saturated heterocycles. The number of nitrogens with zero attached hydrogens (tertiary/aromatic N) is 2. The van der Waals surface area contributed by atoms with Crippen LogP contribution in [0.2, 0.25) is 0 Å². The third-order valence-corrected chi connectivity index (χ3v) is 3.88. The first kappa shape index (κ1) is 20.2. The number of benzene rings is 1. The van der Waals surface area contributed by atoms with Gasteiger partial charge in [-0.05, 0) is 49.2 Å². The highest BCUT2D eigenvalue weighted by Crippen LogP contribution is 2.23. The Balaban J connectivity index is 0.00000144. The van der Waals surface area contributed by atoms with Crippen LogP contribution < -0.4 is 10.5 Å². The molecule has 1 amide bonds. The molecule has 2 aromatic rings. The quantitative estimate of drug-likeness (QED) is 0.897. The first-order chi connectivity index (χ1) is 10.8. The fraction of sp³-hybridized carbons (Fsp3) is 0.294. The van der Waals surface area contributed by atoms with Gasteiger partial charge in [-0.1, -0.05) is 0 Å². The second kappa shape index (κ2) is 9.47. The van der Waals surface area contributed by atoms with Crippen LogP contribution in [-0.2, 0) is 0 Å².